The molecule has 0 unspecified atom stereocenters. The van der Waals surface area contributed by atoms with Gasteiger partial charge >= 0.3 is 5.97 Å². The number of aromatic nitrogens is 1. The van der Waals surface area contributed by atoms with Gasteiger partial charge in [-0.3, -0.25) is 4.79 Å². The normalized spacial score (nSPS) is 10.2. The van der Waals surface area contributed by atoms with E-state index in [4.69, 9.17) is 5.11 Å². The molecule has 1 heterocycles. The molecule has 0 spiro atoms. The maximum absolute atomic E-state index is 12.0. The van der Waals surface area contributed by atoms with Gasteiger partial charge in [-0.15, -0.1) is 0 Å². The van der Waals surface area contributed by atoms with E-state index < -0.39 is 5.97 Å². The number of carboxylic acids is 1. The lowest BCUT2D eigenvalue weighted by atomic mass is 10.1. The number of carbonyl (C=O) groups is 2. The van der Waals surface area contributed by atoms with Crippen LogP contribution in [0.15, 0.2) is 30.5 Å². The Balaban J connectivity index is 2.27. The van der Waals surface area contributed by atoms with Crippen molar-refractivity contribution in [2.45, 2.75) is 13.8 Å². The SMILES string of the molecule is Cc1cccc(C(=O)Nc2c[nH]c(C)c2C(=O)O)c1. The van der Waals surface area contributed by atoms with Gasteiger partial charge in [0.1, 0.15) is 5.56 Å². The fourth-order valence-electron chi connectivity index (χ4n) is 1.88. The van der Waals surface area contributed by atoms with Gasteiger partial charge in [0.05, 0.1) is 5.69 Å². The van der Waals surface area contributed by atoms with Crippen molar-refractivity contribution in [3.05, 3.63) is 52.8 Å². The van der Waals surface area contributed by atoms with Gasteiger partial charge in [-0.2, -0.15) is 0 Å². The Labute approximate surface area is 110 Å². The number of carbonyl (C=O) groups excluding carboxylic acids is 1. The number of rotatable bonds is 3. The molecule has 3 N–H and O–H groups in total. The van der Waals surface area contributed by atoms with Crippen molar-refractivity contribution in [3.63, 3.8) is 0 Å². The van der Waals surface area contributed by atoms with Crippen molar-refractivity contribution in [3.8, 4) is 0 Å². The van der Waals surface area contributed by atoms with Crippen molar-refractivity contribution in [1.29, 1.82) is 0 Å². The van der Waals surface area contributed by atoms with Crippen molar-refractivity contribution in [2.75, 3.05) is 5.32 Å². The van der Waals surface area contributed by atoms with E-state index in [1.807, 2.05) is 13.0 Å². The van der Waals surface area contributed by atoms with Gasteiger partial charge in [0, 0.05) is 17.5 Å². The number of hydrogen-bond donors (Lipinski definition) is 3. The minimum atomic E-state index is -1.07. The molecule has 0 aliphatic heterocycles. The summed E-state index contributed by atoms with van der Waals surface area (Å²) in [5.41, 5.74) is 2.33. The Hall–Kier alpha value is -2.56. The van der Waals surface area contributed by atoms with Crippen LogP contribution in [0, 0.1) is 13.8 Å². The third-order valence-electron chi connectivity index (χ3n) is 2.82. The van der Waals surface area contributed by atoms with Crippen LogP contribution in [-0.2, 0) is 0 Å². The minimum absolute atomic E-state index is 0.0843. The summed E-state index contributed by atoms with van der Waals surface area (Å²) in [5.74, 6) is -1.40. The predicted molar refractivity (Wildman–Crippen MR) is 71.6 cm³/mol. The summed E-state index contributed by atoms with van der Waals surface area (Å²) in [7, 11) is 0. The van der Waals surface area contributed by atoms with Crippen LogP contribution in [-0.4, -0.2) is 22.0 Å². The molecule has 1 aromatic heterocycles. The van der Waals surface area contributed by atoms with Crippen molar-refractivity contribution in [2.24, 2.45) is 0 Å². The average Bonchev–Trinajstić information content (AvgIpc) is 2.70. The lowest BCUT2D eigenvalue weighted by Gasteiger charge is -2.05. The third-order valence-corrected chi connectivity index (χ3v) is 2.82. The van der Waals surface area contributed by atoms with Crippen LogP contribution in [0.5, 0.6) is 0 Å². The van der Waals surface area contributed by atoms with Gasteiger partial charge in [0.15, 0.2) is 0 Å². The number of aromatic amines is 1. The predicted octanol–water partition coefficient (Wildman–Crippen LogP) is 2.58. The van der Waals surface area contributed by atoms with E-state index in [0.29, 0.717) is 11.3 Å². The molecular formula is C14H14N2O3. The van der Waals surface area contributed by atoms with E-state index >= 15 is 0 Å². The quantitative estimate of drug-likeness (QED) is 0.791. The number of amides is 1. The largest absolute Gasteiger partial charge is 0.478 e. The van der Waals surface area contributed by atoms with E-state index in [1.54, 1.807) is 25.1 Å². The second-order valence-electron chi connectivity index (χ2n) is 4.33. The summed E-state index contributed by atoms with van der Waals surface area (Å²) in [4.78, 5) is 25.9. The second kappa shape index (κ2) is 4.97. The zero-order chi connectivity index (χ0) is 14.0. The highest BCUT2D eigenvalue weighted by atomic mass is 16.4. The molecule has 2 rings (SSSR count). The first-order chi connectivity index (χ1) is 8.99. The Kier molecular flexibility index (Phi) is 3.37. The van der Waals surface area contributed by atoms with E-state index in [9.17, 15) is 9.59 Å². The molecule has 0 saturated carbocycles. The van der Waals surface area contributed by atoms with Gasteiger partial charge in [0.25, 0.3) is 5.91 Å². The fourth-order valence-corrected chi connectivity index (χ4v) is 1.88. The van der Waals surface area contributed by atoms with Crippen molar-refractivity contribution in [1.82, 2.24) is 4.98 Å². The van der Waals surface area contributed by atoms with Crippen molar-refractivity contribution < 1.29 is 14.7 Å². The molecule has 0 atom stereocenters. The summed E-state index contributed by atoms with van der Waals surface area (Å²) in [6.45, 7) is 3.53. The standard InChI is InChI=1S/C14H14N2O3/c1-8-4-3-5-10(6-8)13(17)16-11-7-15-9(2)12(11)14(18)19/h3-7,15H,1-2H3,(H,16,17)(H,18,19). The Bertz CT molecular complexity index is 644. The lowest BCUT2D eigenvalue weighted by Crippen LogP contribution is -2.14. The monoisotopic (exact) mass is 258 g/mol. The molecule has 0 aliphatic carbocycles. The first-order valence-corrected chi connectivity index (χ1v) is 5.78. The molecule has 2 aromatic rings. The highest BCUT2D eigenvalue weighted by Gasteiger charge is 2.17. The molecule has 19 heavy (non-hydrogen) atoms. The fraction of sp³-hybridized carbons (Fsp3) is 0.143. The third kappa shape index (κ3) is 2.65. The minimum Gasteiger partial charge on any atom is -0.478 e. The lowest BCUT2D eigenvalue weighted by molar-refractivity contribution is 0.0697. The molecule has 0 saturated heterocycles. The first-order valence-electron chi connectivity index (χ1n) is 5.78. The van der Waals surface area contributed by atoms with Crippen molar-refractivity contribution >= 4 is 17.6 Å². The molecule has 1 amide bonds. The van der Waals surface area contributed by atoms with E-state index in [1.165, 1.54) is 6.20 Å². The molecular weight excluding hydrogens is 244 g/mol. The number of anilines is 1. The number of nitrogens with one attached hydrogen (secondary N) is 2. The highest BCUT2D eigenvalue weighted by molar-refractivity contribution is 6.08. The maximum atomic E-state index is 12.0. The molecule has 5 heteroatoms. The highest BCUT2D eigenvalue weighted by Crippen LogP contribution is 2.20. The van der Waals surface area contributed by atoms with Crippen LogP contribution in [0.3, 0.4) is 0 Å². The number of H-pyrrole nitrogens is 1. The molecule has 0 bridgehead atoms. The number of hydrogen-bond acceptors (Lipinski definition) is 2. The summed E-state index contributed by atoms with van der Waals surface area (Å²) in [6.07, 6.45) is 1.48. The van der Waals surface area contributed by atoms with Gasteiger partial charge < -0.3 is 15.4 Å². The van der Waals surface area contributed by atoms with E-state index in [2.05, 4.69) is 10.3 Å². The van der Waals surface area contributed by atoms with E-state index in [0.717, 1.165) is 5.56 Å². The van der Waals surface area contributed by atoms with Gasteiger partial charge in [0.2, 0.25) is 0 Å². The van der Waals surface area contributed by atoms with Gasteiger partial charge in [-0.05, 0) is 26.0 Å². The topological polar surface area (TPSA) is 82.2 Å². The van der Waals surface area contributed by atoms with Crippen LogP contribution in [0.4, 0.5) is 5.69 Å². The van der Waals surface area contributed by atoms with Crippen LogP contribution >= 0.6 is 0 Å². The van der Waals surface area contributed by atoms with Gasteiger partial charge in [-0.25, -0.2) is 4.79 Å². The number of benzene rings is 1. The zero-order valence-electron chi connectivity index (χ0n) is 10.7. The van der Waals surface area contributed by atoms with Crippen LogP contribution in [0.2, 0.25) is 0 Å². The summed E-state index contributed by atoms with van der Waals surface area (Å²) in [5, 5.41) is 11.7. The maximum Gasteiger partial charge on any atom is 0.339 e. The Morgan fingerprint density at radius 2 is 2.00 bits per heavy atom. The average molecular weight is 258 g/mol. The Morgan fingerprint density at radius 3 is 2.63 bits per heavy atom. The zero-order valence-corrected chi connectivity index (χ0v) is 10.7. The summed E-state index contributed by atoms with van der Waals surface area (Å²) >= 11 is 0. The summed E-state index contributed by atoms with van der Waals surface area (Å²) < 4.78 is 0. The molecule has 1 aromatic carbocycles. The number of aryl methyl sites for hydroxylation is 2. The van der Waals surface area contributed by atoms with E-state index in [-0.39, 0.29) is 17.2 Å². The van der Waals surface area contributed by atoms with Crippen LogP contribution < -0.4 is 5.32 Å². The summed E-state index contributed by atoms with van der Waals surface area (Å²) in [6, 6.07) is 7.10. The Morgan fingerprint density at radius 1 is 1.26 bits per heavy atom. The molecule has 0 aliphatic rings. The van der Waals surface area contributed by atoms with Crippen LogP contribution in [0.1, 0.15) is 32.0 Å². The molecule has 0 radical (unpaired) electrons. The first kappa shape index (κ1) is 12.9. The second-order valence-corrected chi connectivity index (χ2v) is 4.33. The molecule has 5 nitrogen and oxygen atoms in total. The smallest absolute Gasteiger partial charge is 0.339 e. The van der Waals surface area contributed by atoms with Crippen LogP contribution in [0.25, 0.3) is 0 Å². The molecule has 0 fully saturated rings. The number of carboxylic acid groups (broad SMARTS) is 1. The van der Waals surface area contributed by atoms with Gasteiger partial charge in [-0.1, -0.05) is 17.7 Å². The number of aromatic carboxylic acids is 1. The molecule has 98 valence electrons.